The summed E-state index contributed by atoms with van der Waals surface area (Å²) < 4.78 is 10.9. The van der Waals surface area contributed by atoms with Gasteiger partial charge in [-0.05, 0) is 37.5 Å². The van der Waals surface area contributed by atoms with Crippen molar-refractivity contribution in [3.63, 3.8) is 0 Å². The van der Waals surface area contributed by atoms with Gasteiger partial charge in [0.15, 0.2) is 0 Å². The summed E-state index contributed by atoms with van der Waals surface area (Å²) in [6.07, 6.45) is 2.42. The smallest absolute Gasteiger partial charge is 0.119 e. The van der Waals surface area contributed by atoms with Crippen molar-refractivity contribution < 1.29 is 9.47 Å². The van der Waals surface area contributed by atoms with Crippen molar-refractivity contribution >= 4 is 0 Å². The molecule has 0 N–H and O–H groups in total. The van der Waals surface area contributed by atoms with E-state index in [1.165, 1.54) is 18.4 Å². The molecule has 15 heavy (non-hydrogen) atoms. The molecule has 1 saturated heterocycles. The topological polar surface area (TPSA) is 18.5 Å². The fraction of sp³-hybridized carbons (Fsp3) is 0.538. The largest absolute Gasteiger partial charge is 0.494 e. The molecule has 2 heteroatoms. The normalized spacial score (nSPS) is 21.3. The molecule has 1 fully saturated rings. The van der Waals surface area contributed by atoms with Crippen molar-refractivity contribution in [1.82, 2.24) is 0 Å². The van der Waals surface area contributed by atoms with Gasteiger partial charge < -0.3 is 9.47 Å². The number of hydrogen-bond acceptors (Lipinski definition) is 2. The van der Waals surface area contributed by atoms with Crippen molar-refractivity contribution in [2.24, 2.45) is 0 Å². The van der Waals surface area contributed by atoms with Gasteiger partial charge in [-0.3, -0.25) is 0 Å². The molecule has 0 bridgehead atoms. The Kier molecular flexibility index (Phi) is 3.62. The maximum atomic E-state index is 5.48. The first kappa shape index (κ1) is 10.5. The second-order valence-electron chi connectivity index (χ2n) is 3.92. The first-order valence-electron chi connectivity index (χ1n) is 5.70. The first-order chi connectivity index (χ1) is 7.40. The molecule has 0 radical (unpaired) electrons. The summed E-state index contributed by atoms with van der Waals surface area (Å²) in [5.74, 6) is 1.53. The predicted octanol–water partition coefficient (Wildman–Crippen LogP) is 2.98. The summed E-state index contributed by atoms with van der Waals surface area (Å²) in [4.78, 5) is 0. The molecule has 1 atom stereocenters. The van der Waals surface area contributed by atoms with Crippen LogP contribution < -0.4 is 4.74 Å². The van der Waals surface area contributed by atoms with E-state index < -0.39 is 0 Å². The van der Waals surface area contributed by atoms with Gasteiger partial charge in [-0.25, -0.2) is 0 Å². The van der Waals surface area contributed by atoms with Crippen LogP contribution in [-0.4, -0.2) is 19.8 Å². The summed E-state index contributed by atoms with van der Waals surface area (Å²) in [7, 11) is 0. The number of rotatable bonds is 3. The Labute approximate surface area is 91.2 Å². The van der Waals surface area contributed by atoms with E-state index in [0.717, 1.165) is 25.6 Å². The lowest BCUT2D eigenvalue weighted by Gasteiger charge is -2.22. The Balaban J connectivity index is 2.02. The molecular weight excluding hydrogens is 188 g/mol. The molecule has 1 aromatic carbocycles. The third kappa shape index (κ3) is 2.72. The molecule has 0 aromatic heterocycles. The van der Waals surface area contributed by atoms with Gasteiger partial charge >= 0.3 is 0 Å². The third-order valence-electron chi connectivity index (χ3n) is 2.82. The summed E-state index contributed by atoms with van der Waals surface area (Å²) in [5, 5.41) is 0. The highest BCUT2D eigenvalue weighted by Crippen LogP contribution is 2.26. The fourth-order valence-electron chi connectivity index (χ4n) is 2.01. The zero-order valence-electron chi connectivity index (χ0n) is 9.24. The van der Waals surface area contributed by atoms with E-state index in [4.69, 9.17) is 9.47 Å². The van der Waals surface area contributed by atoms with Crippen LogP contribution in [0.5, 0.6) is 5.75 Å². The van der Waals surface area contributed by atoms with Crippen molar-refractivity contribution in [2.75, 3.05) is 19.8 Å². The van der Waals surface area contributed by atoms with E-state index in [1.807, 2.05) is 19.1 Å². The SMILES string of the molecule is CCOc1ccc(C2CCCOC2)cc1. The molecule has 1 aliphatic rings. The van der Waals surface area contributed by atoms with Gasteiger partial charge in [0.2, 0.25) is 0 Å². The molecule has 2 rings (SSSR count). The standard InChI is InChI=1S/C13H18O2/c1-2-15-13-7-5-11(6-8-13)12-4-3-9-14-10-12/h5-8,12H,2-4,9-10H2,1H3. The minimum atomic E-state index is 0.578. The van der Waals surface area contributed by atoms with Gasteiger partial charge in [0, 0.05) is 12.5 Å². The van der Waals surface area contributed by atoms with Crippen LogP contribution in [0.15, 0.2) is 24.3 Å². The minimum absolute atomic E-state index is 0.578. The van der Waals surface area contributed by atoms with Gasteiger partial charge in [0.1, 0.15) is 5.75 Å². The van der Waals surface area contributed by atoms with Crippen LogP contribution in [0.3, 0.4) is 0 Å². The second-order valence-corrected chi connectivity index (χ2v) is 3.92. The molecule has 1 unspecified atom stereocenters. The molecule has 1 aromatic rings. The number of ether oxygens (including phenoxy) is 2. The van der Waals surface area contributed by atoms with E-state index in [1.54, 1.807) is 0 Å². The van der Waals surface area contributed by atoms with Crippen LogP contribution in [0.25, 0.3) is 0 Å². The molecule has 0 aliphatic carbocycles. The van der Waals surface area contributed by atoms with Gasteiger partial charge in [-0.2, -0.15) is 0 Å². The van der Waals surface area contributed by atoms with Crippen molar-refractivity contribution in [1.29, 1.82) is 0 Å². The molecular formula is C13H18O2. The Morgan fingerprint density at radius 1 is 1.33 bits per heavy atom. The lowest BCUT2D eigenvalue weighted by Crippen LogP contribution is -2.15. The Morgan fingerprint density at radius 3 is 2.73 bits per heavy atom. The van der Waals surface area contributed by atoms with Gasteiger partial charge in [-0.15, -0.1) is 0 Å². The number of benzene rings is 1. The van der Waals surface area contributed by atoms with E-state index in [9.17, 15) is 0 Å². The van der Waals surface area contributed by atoms with Crippen molar-refractivity contribution in [3.05, 3.63) is 29.8 Å². The van der Waals surface area contributed by atoms with Crippen LogP contribution in [0.1, 0.15) is 31.2 Å². The third-order valence-corrected chi connectivity index (χ3v) is 2.82. The molecule has 1 aliphatic heterocycles. The fourth-order valence-corrected chi connectivity index (χ4v) is 2.01. The second kappa shape index (κ2) is 5.17. The lowest BCUT2D eigenvalue weighted by atomic mass is 9.94. The van der Waals surface area contributed by atoms with Crippen LogP contribution in [-0.2, 0) is 4.74 Å². The van der Waals surface area contributed by atoms with Crippen LogP contribution in [0.4, 0.5) is 0 Å². The highest BCUT2D eigenvalue weighted by molar-refractivity contribution is 5.29. The summed E-state index contributed by atoms with van der Waals surface area (Å²) in [6.45, 7) is 4.52. The van der Waals surface area contributed by atoms with Gasteiger partial charge in [-0.1, -0.05) is 12.1 Å². The molecule has 0 saturated carbocycles. The molecule has 2 nitrogen and oxygen atoms in total. The molecule has 82 valence electrons. The minimum Gasteiger partial charge on any atom is -0.494 e. The Hall–Kier alpha value is -1.02. The van der Waals surface area contributed by atoms with Crippen molar-refractivity contribution in [2.45, 2.75) is 25.7 Å². The van der Waals surface area contributed by atoms with Crippen LogP contribution >= 0.6 is 0 Å². The summed E-state index contributed by atoms with van der Waals surface area (Å²) in [5.41, 5.74) is 1.37. The quantitative estimate of drug-likeness (QED) is 0.757. The average Bonchev–Trinajstić information content (AvgIpc) is 2.32. The Morgan fingerprint density at radius 2 is 2.13 bits per heavy atom. The monoisotopic (exact) mass is 206 g/mol. The number of hydrogen-bond donors (Lipinski definition) is 0. The highest BCUT2D eigenvalue weighted by Gasteiger charge is 2.15. The summed E-state index contributed by atoms with van der Waals surface area (Å²) >= 11 is 0. The molecule has 0 spiro atoms. The average molecular weight is 206 g/mol. The Bertz CT molecular complexity index is 286. The van der Waals surface area contributed by atoms with E-state index in [-0.39, 0.29) is 0 Å². The van der Waals surface area contributed by atoms with Gasteiger partial charge in [0.25, 0.3) is 0 Å². The maximum absolute atomic E-state index is 5.48. The maximum Gasteiger partial charge on any atom is 0.119 e. The molecule has 0 amide bonds. The van der Waals surface area contributed by atoms with Crippen molar-refractivity contribution in [3.8, 4) is 5.75 Å². The van der Waals surface area contributed by atoms with Crippen LogP contribution in [0, 0.1) is 0 Å². The predicted molar refractivity (Wildman–Crippen MR) is 60.4 cm³/mol. The van der Waals surface area contributed by atoms with Gasteiger partial charge in [0.05, 0.1) is 13.2 Å². The zero-order chi connectivity index (χ0) is 10.5. The molecule has 1 heterocycles. The van der Waals surface area contributed by atoms with Crippen LogP contribution in [0.2, 0.25) is 0 Å². The van der Waals surface area contributed by atoms with E-state index in [0.29, 0.717) is 5.92 Å². The summed E-state index contributed by atoms with van der Waals surface area (Å²) in [6, 6.07) is 8.41. The first-order valence-corrected chi connectivity index (χ1v) is 5.70. The lowest BCUT2D eigenvalue weighted by molar-refractivity contribution is 0.0804. The van der Waals surface area contributed by atoms with E-state index >= 15 is 0 Å². The van der Waals surface area contributed by atoms with E-state index in [2.05, 4.69) is 12.1 Å². The zero-order valence-corrected chi connectivity index (χ0v) is 9.24. The highest BCUT2D eigenvalue weighted by atomic mass is 16.5.